The van der Waals surface area contributed by atoms with Crippen molar-refractivity contribution >= 4 is 48.0 Å². The van der Waals surface area contributed by atoms with Crippen LogP contribution in [0.15, 0.2) is 18.2 Å². The van der Waals surface area contributed by atoms with Crippen LogP contribution in [0.2, 0.25) is 10.0 Å². The normalized spacial score (nSPS) is 9.71. The summed E-state index contributed by atoms with van der Waals surface area (Å²) in [7, 11) is 4.11. The Balaban J connectivity index is 0. The largest absolute Gasteiger partial charge is 0.311 e. The van der Waals surface area contributed by atoms with Gasteiger partial charge in [-0.2, -0.15) is 0 Å². The molecule has 0 amide bonds. The number of likely N-dealkylation sites (N-methyl/N-ethyl adjacent to an activating group) is 1. The molecule has 2 nitrogen and oxygen atoms in total. The SMILES string of the molecule is CN(C)CCNCc1ccc(Cl)c(Cl)c1.Cl.Cl. The number of benzene rings is 1. The molecule has 1 aromatic rings. The zero-order valence-electron chi connectivity index (χ0n) is 9.87. The van der Waals surface area contributed by atoms with Gasteiger partial charge in [0.1, 0.15) is 0 Å². The van der Waals surface area contributed by atoms with E-state index in [1.807, 2.05) is 18.2 Å². The average Bonchev–Trinajstić information content (AvgIpc) is 2.18. The van der Waals surface area contributed by atoms with Gasteiger partial charge >= 0.3 is 0 Å². The molecular formula is C11H18Cl4N2. The molecule has 100 valence electrons. The molecule has 6 heteroatoms. The van der Waals surface area contributed by atoms with Gasteiger partial charge in [-0.1, -0.05) is 29.3 Å². The number of rotatable bonds is 5. The first-order valence-corrected chi connectivity index (χ1v) is 5.64. The summed E-state index contributed by atoms with van der Waals surface area (Å²) in [5.41, 5.74) is 1.16. The fraction of sp³-hybridized carbons (Fsp3) is 0.455. The van der Waals surface area contributed by atoms with Gasteiger partial charge in [0.25, 0.3) is 0 Å². The summed E-state index contributed by atoms with van der Waals surface area (Å²) in [5.74, 6) is 0. The van der Waals surface area contributed by atoms with Crippen molar-refractivity contribution in [2.45, 2.75) is 6.54 Å². The van der Waals surface area contributed by atoms with Crippen LogP contribution in [-0.4, -0.2) is 32.1 Å². The fourth-order valence-electron chi connectivity index (χ4n) is 1.18. The Bertz CT molecular complexity index is 318. The van der Waals surface area contributed by atoms with E-state index in [9.17, 15) is 0 Å². The van der Waals surface area contributed by atoms with Crippen LogP contribution in [0.3, 0.4) is 0 Å². The lowest BCUT2D eigenvalue weighted by Gasteiger charge is -2.10. The van der Waals surface area contributed by atoms with Crippen LogP contribution in [0.4, 0.5) is 0 Å². The number of hydrogen-bond acceptors (Lipinski definition) is 2. The maximum atomic E-state index is 5.91. The third kappa shape index (κ3) is 8.09. The number of hydrogen-bond donors (Lipinski definition) is 1. The van der Waals surface area contributed by atoms with Gasteiger partial charge in [0.05, 0.1) is 10.0 Å². The Kier molecular flexibility index (Phi) is 11.8. The molecule has 0 spiro atoms. The Morgan fingerprint density at radius 3 is 2.29 bits per heavy atom. The van der Waals surface area contributed by atoms with Crippen molar-refractivity contribution in [3.8, 4) is 0 Å². The topological polar surface area (TPSA) is 15.3 Å². The highest BCUT2D eigenvalue weighted by atomic mass is 35.5. The quantitative estimate of drug-likeness (QED) is 0.836. The van der Waals surface area contributed by atoms with Crippen LogP contribution in [0.5, 0.6) is 0 Å². The Morgan fingerprint density at radius 1 is 1.12 bits per heavy atom. The van der Waals surface area contributed by atoms with Crippen molar-refractivity contribution in [2.75, 3.05) is 27.2 Å². The summed E-state index contributed by atoms with van der Waals surface area (Å²) >= 11 is 11.7. The zero-order valence-corrected chi connectivity index (χ0v) is 13.0. The van der Waals surface area contributed by atoms with Crippen molar-refractivity contribution in [2.24, 2.45) is 0 Å². The maximum absolute atomic E-state index is 5.91. The summed E-state index contributed by atoms with van der Waals surface area (Å²) < 4.78 is 0. The molecule has 1 aromatic carbocycles. The van der Waals surface area contributed by atoms with Crippen LogP contribution in [-0.2, 0) is 6.54 Å². The monoisotopic (exact) mass is 318 g/mol. The molecule has 0 aliphatic rings. The summed E-state index contributed by atoms with van der Waals surface area (Å²) in [4.78, 5) is 2.14. The zero-order chi connectivity index (χ0) is 11.3. The van der Waals surface area contributed by atoms with Crippen molar-refractivity contribution < 1.29 is 0 Å². The van der Waals surface area contributed by atoms with E-state index in [0.717, 1.165) is 25.2 Å². The smallest absolute Gasteiger partial charge is 0.0595 e. The third-order valence-electron chi connectivity index (χ3n) is 2.05. The van der Waals surface area contributed by atoms with Crippen LogP contribution >= 0.6 is 48.0 Å². The van der Waals surface area contributed by atoms with E-state index < -0.39 is 0 Å². The second kappa shape index (κ2) is 10.2. The molecule has 0 saturated heterocycles. The molecule has 0 fully saturated rings. The second-order valence-electron chi connectivity index (χ2n) is 3.73. The van der Waals surface area contributed by atoms with E-state index in [4.69, 9.17) is 23.2 Å². The molecule has 0 aliphatic heterocycles. The van der Waals surface area contributed by atoms with Gasteiger partial charge in [-0.25, -0.2) is 0 Å². The van der Waals surface area contributed by atoms with Gasteiger partial charge in [0, 0.05) is 19.6 Å². The molecular weight excluding hydrogens is 302 g/mol. The molecule has 0 heterocycles. The Morgan fingerprint density at radius 2 is 1.76 bits per heavy atom. The van der Waals surface area contributed by atoms with Crippen molar-refractivity contribution in [3.05, 3.63) is 33.8 Å². The second-order valence-corrected chi connectivity index (χ2v) is 4.54. The standard InChI is InChI=1S/C11H16Cl2N2.2ClH/c1-15(2)6-5-14-8-9-3-4-10(12)11(13)7-9;;/h3-4,7,14H,5-6,8H2,1-2H3;2*1H. The third-order valence-corrected chi connectivity index (χ3v) is 2.79. The summed E-state index contributed by atoms with van der Waals surface area (Å²) in [6, 6.07) is 5.70. The van der Waals surface area contributed by atoms with Gasteiger partial charge < -0.3 is 10.2 Å². The van der Waals surface area contributed by atoms with Gasteiger partial charge in [0.2, 0.25) is 0 Å². The molecule has 0 radical (unpaired) electrons. The van der Waals surface area contributed by atoms with Crippen LogP contribution in [0.25, 0.3) is 0 Å². The Hall–Kier alpha value is 0.300. The number of nitrogens with zero attached hydrogens (tertiary/aromatic N) is 1. The molecule has 0 aliphatic carbocycles. The van der Waals surface area contributed by atoms with E-state index in [-0.39, 0.29) is 24.8 Å². The predicted molar refractivity (Wildman–Crippen MR) is 81.2 cm³/mol. The van der Waals surface area contributed by atoms with Gasteiger partial charge in [-0.15, -0.1) is 24.8 Å². The molecule has 0 aromatic heterocycles. The van der Waals surface area contributed by atoms with Gasteiger partial charge in [-0.05, 0) is 31.8 Å². The first-order chi connectivity index (χ1) is 7.09. The van der Waals surface area contributed by atoms with Crippen molar-refractivity contribution in [3.63, 3.8) is 0 Å². The molecule has 1 N–H and O–H groups in total. The number of halogens is 4. The minimum Gasteiger partial charge on any atom is -0.311 e. The number of nitrogens with one attached hydrogen (secondary N) is 1. The predicted octanol–water partition coefficient (Wildman–Crippen LogP) is 3.49. The molecule has 0 bridgehead atoms. The van der Waals surface area contributed by atoms with E-state index in [1.165, 1.54) is 0 Å². The van der Waals surface area contributed by atoms with E-state index >= 15 is 0 Å². The minimum absolute atomic E-state index is 0. The lowest BCUT2D eigenvalue weighted by atomic mass is 10.2. The summed E-state index contributed by atoms with van der Waals surface area (Å²) in [5, 5.41) is 4.56. The van der Waals surface area contributed by atoms with Crippen LogP contribution < -0.4 is 5.32 Å². The van der Waals surface area contributed by atoms with Crippen LogP contribution in [0.1, 0.15) is 5.56 Å². The summed E-state index contributed by atoms with van der Waals surface area (Å²) in [6.45, 7) is 2.82. The van der Waals surface area contributed by atoms with Gasteiger partial charge in [-0.3, -0.25) is 0 Å². The average molecular weight is 320 g/mol. The maximum Gasteiger partial charge on any atom is 0.0595 e. The molecule has 1 rings (SSSR count). The van der Waals surface area contributed by atoms with Crippen molar-refractivity contribution in [1.29, 1.82) is 0 Å². The lowest BCUT2D eigenvalue weighted by molar-refractivity contribution is 0.400. The lowest BCUT2D eigenvalue weighted by Crippen LogP contribution is -2.26. The van der Waals surface area contributed by atoms with Crippen LogP contribution in [0, 0.1) is 0 Å². The highest BCUT2D eigenvalue weighted by Gasteiger charge is 1.99. The summed E-state index contributed by atoms with van der Waals surface area (Å²) in [6.07, 6.45) is 0. The molecule has 17 heavy (non-hydrogen) atoms. The molecule has 0 unspecified atom stereocenters. The van der Waals surface area contributed by atoms with E-state index in [2.05, 4.69) is 24.3 Å². The minimum atomic E-state index is 0. The molecule has 0 atom stereocenters. The van der Waals surface area contributed by atoms with E-state index in [1.54, 1.807) is 0 Å². The first kappa shape index (κ1) is 19.6. The highest BCUT2D eigenvalue weighted by Crippen LogP contribution is 2.22. The highest BCUT2D eigenvalue weighted by molar-refractivity contribution is 6.42. The van der Waals surface area contributed by atoms with Gasteiger partial charge in [0.15, 0.2) is 0 Å². The molecule has 0 saturated carbocycles. The van der Waals surface area contributed by atoms with Crippen molar-refractivity contribution in [1.82, 2.24) is 10.2 Å². The first-order valence-electron chi connectivity index (χ1n) is 4.89. The fourth-order valence-corrected chi connectivity index (χ4v) is 1.51. The Labute approximate surface area is 125 Å². The van der Waals surface area contributed by atoms with E-state index in [0.29, 0.717) is 10.0 Å².